The molecule has 2 bridgehead atoms. The lowest BCUT2D eigenvalue weighted by atomic mass is 9.71. The summed E-state index contributed by atoms with van der Waals surface area (Å²) >= 11 is 0. The van der Waals surface area contributed by atoms with E-state index in [4.69, 9.17) is 4.74 Å². The van der Waals surface area contributed by atoms with E-state index in [1.807, 2.05) is 6.92 Å². The molecule has 0 amide bonds. The number of hydrogen-bond donors (Lipinski definition) is 0. The first-order valence-corrected chi connectivity index (χ1v) is 6.67. The van der Waals surface area contributed by atoms with Gasteiger partial charge in [-0.3, -0.25) is 4.79 Å². The predicted molar refractivity (Wildman–Crippen MR) is 64.0 cm³/mol. The van der Waals surface area contributed by atoms with E-state index in [0.29, 0.717) is 5.41 Å². The van der Waals surface area contributed by atoms with Crippen molar-refractivity contribution < 1.29 is 9.53 Å². The molecule has 0 aromatic rings. The van der Waals surface area contributed by atoms with Gasteiger partial charge in [-0.15, -0.1) is 0 Å². The van der Waals surface area contributed by atoms with Crippen LogP contribution in [0, 0.1) is 17.3 Å². The van der Waals surface area contributed by atoms with E-state index >= 15 is 0 Å². The fourth-order valence-corrected chi connectivity index (χ4v) is 3.90. The van der Waals surface area contributed by atoms with E-state index in [-0.39, 0.29) is 12.1 Å². The number of hydrogen-bond acceptors (Lipinski definition) is 2. The lowest BCUT2D eigenvalue weighted by Gasteiger charge is -2.34. The number of carbonyl (C=O) groups is 1. The third kappa shape index (κ3) is 2.41. The summed E-state index contributed by atoms with van der Waals surface area (Å²) in [6.07, 6.45) is 8.10. The monoisotopic (exact) mass is 224 g/mol. The lowest BCUT2D eigenvalue weighted by molar-refractivity contribution is -0.146. The van der Waals surface area contributed by atoms with Crippen molar-refractivity contribution in [2.45, 2.75) is 65.4 Å². The van der Waals surface area contributed by atoms with Crippen molar-refractivity contribution in [2.24, 2.45) is 17.3 Å². The topological polar surface area (TPSA) is 26.3 Å². The van der Waals surface area contributed by atoms with Gasteiger partial charge in [0, 0.05) is 6.92 Å². The summed E-state index contributed by atoms with van der Waals surface area (Å²) in [6.45, 7) is 5.95. The Kier molecular flexibility index (Phi) is 3.27. The largest absolute Gasteiger partial charge is 0.463 e. The number of esters is 1. The molecule has 2 nitrogen and oxygen atoms in total. The number of carbonyl (C=O) groups excluding carboxylic acids is 1. The lowest BCUT2D eigenvalue weighted by Crippen LogP contribution is -2.26. The van der Waals surface area contributed by atoms with Gasteiger partial charge in [-0.2, -0.15) is 0 Å². The summed E-state index contributed by atoms with van der Waals surface area (Å²) in [6, 6.07) is 0. The van der Waals surface area contributed by atoms with Gasteiger partial charge in [-0.05, 0) is 56.3 Å². The average Bonchev–Trinajstić information content (AvgIpc) is 2.73. The van der Waals surface area contributed by atoms with E-state index in [1.165, 1.54) is 39.0 Å². The van der Waals surface area contributed by atoms with Gasteiger partial charge in [0.25, 0.3) is 0 Å². The second kappa shape index (κ2) is 4.38. The summed E-state index contributed by atoms with van der Waals surface area (Å²) in [5.41, 5.74) is 0.539. The molecule has 2 rings (SSSR count). The van der Waals surface area contributed by atoms with Crippen molar-refractivity contribution in [1.82, 2.24) is 0 Å². The number of rotatable bonds is 4. The van der Waals surface area contributed by atoms with E-state index in [0.717, 1.165) is 18.3 Å². The zero-order chi connectivity index (χ0) is 11.8. The zero-order valence-corrected chi connectivity index (χ0v) is 10.8. The molecule has 0 unspecified atom stereocenters. The first kappa shape index (κ1) is 11.9. The van der Waals surface area contributed by atoms with Crippen molar-refractivity contribution in [2.75, 3.05) is 0 Å². The molecule has 0 aromatic carbocycles. The van der Waals surface area contributed by atoms with Gasteiger partial charge in [0.1, 0.15) is 0 Å². The SMILES string of the molecule is CC(=O)O[C@@H](C)CC[C@]1(C)C[C@H]2CC[C@H]1C2. The van der Waals surface area contributed by atoms with E-state index in [1.54, 1.807) is 0 Å². The van der Waals surface area contributed by atoms with Crippen LogP contribution in [0.1, 0.15) is 59.3 Å². The van der Waals surface area contributed by atoms with Gasteiger partial charge in [0.15, 0.2) is 0 Å². The Bertz CT molecular complexity index is 274. The van der Waals surface area contributed by atoms with Crippen molar-refractivity contribution in [3.8, 4) is 0 Å². The second-order valence-electron chi connectivity index (χ2n) is 6.19. The van der Waals surface area contributed by atoms with Crippen LogP contribution in [0.4, 0.5) is 0 Å². The smallest absolute Gasteiger partial charge is 0.302 e. The Balaban J connectivity index is 1.79. The van der Waals surface area contributed by atoms with Crippen LogP contribution in [-0.4, -0.2) is 12.1 Å². The van der Waals surface area contributed by atoms with E-state index in [2.05, 4.69) is 6.92 Å². The molecule has 0 spiro atoms. The summed E-state index contributed by atoms with van der Waals surface area (Å²) < 4.78 is 5.20. The number of fused-ring (bicyclic) bond motifs is 2. The normalized spacial score (nSPS) is 38.7. The molecule has 0 N–H and O–H groups in total. The quantitative estimate of drug-likeness (QED) is 0.683. The molecule has 0 heterocycles. The maximum Gasteiger partial charge on any atom is 0.302 e. The highest BCUT2D eigenvalue weighted by molar-refractivity contribution is 5.66. The fourth-order valence-electron chi connectivity index (χ4n) is 3.90. The summed E-state index contributed by atoms with van der Waals surface area (Å²) in [4.78, 5) is 10.8. The predicted octanol–water partition coefficient (Wildman–Crippen LogP) is 3.54. The van der Waals surface area contributed by atoms with Crippen LogP contribution < -0.4 is 0 Å². The van der Waals surface area contributed by atoms with E-state index < -0.39 is 0 Å². The average molecular weight is 224 g/mol. The van der Waals surface area contributed by atoms with Crippen LogP contribution in [0.3, 0.4) is 0 Å². The molecule has 92 valence electrons. The summed E-state index contributed by atoms with van der Waals surface area (Å²) in [7, 11) is 0. The number of ether oxygens (including phenoxy) is 1. The highest BCUT2D eigenvalue weighted by Crippen LogP contribution is 2.57. The van der Waals surface area contributed by atoms with Crippen molar-refractivity contribution in [3.63, 3.8) is 0 Å². The maximum atomic E-state index is 10.8. The highest BCUT2D eigenvalue weighted by Gasteiger charge is 2.47. The molecule has 2 aliphatic rings. The maximum absolute atomic E-state index is 10.8. The zero-order valence-electron chi connectivity index (χ0n) is 10.8. The molecule has 2 fully saturated rings. The molecule has 2 heteroatoms. The van der Waals surface area contributed by atoms with Gasteiger partial charge in [-0.25, -0.2) is 0 Å². The summed E-state index contributed by atoms with van der Waals surface area (Å²) in [5.74, 6) is 1.80. The van der Waals surface area contributed by atoms with Gasteiger partial charge in [-0.1, -0.05) is 13.3 Å². The Morgan fingerprint density at radius 1 is 1.50 bits per heavy atom. The molecular weight excluding hydrogens is 200 g/mol. The Morgan fingerprint density at radius 3 is 2.75 bits per heavy atom. The van der Waals surface area contributed by atoms with Gasteiger partial charge < -0.3 is 4.74 Å². The van der Waals surface area contributed by atoms with Crippen LogP contribution in [0.15, 0.2) is 0 Å². The van der Waals surface area contributed by atoms with Gasteiger partial charge in [0.05, 0.1) is 6.10 Å². The third-order valence-electron chi connectivity index (χ3n) is 4.77. The molecule has 16 heavy (non-hydrogen) atoms. The van der Waals surface area contributed by atoms with Crippen LogP contribution in [-0.2, 0) is 9.53 Å². The van der Waals surface area contributed by atoms with Gasteiger partial charge >= 0.3 is 5.97 Å². The molecule has 2 saturated carbocycles. The molecule has 4 atom stereocenters. The van der Waals surface area contributed by atoms with Crippen molar-refractivity contribution in [3.05, 3.63) is 0 Å². The highest BCUT2D eigenvalue weighted by atomic mass is 16.5. The van der Waals surface area contributed by atoms with Crippen molar-refractivity contribution in [1.29, 1.82) is 0 Å². The minimum absolute atomic E-state index is 0.0912. The van der Waals surface area contributed by atoms with Crippen LogP contribution >= 0.6 is 0 Å². The van der Waals surface area contributed by atoms with Crippen molar-refractivity contribution >= 4 is 5.97 Å². The van der Waals surface area contributed by atoms with E-state index in [9.17, 15) is 4.79 Å². The molecule has 2 aliphatic carbocycles. The van der Waals surface area contributed by atoms with Crippen LogP contribution in [0.25, 0.3) is 0 Å². The standard InChI is InChI=1S/C14H24O2/c1-10(16-11(2)15)6-7-14(3)9-12-4-5-13(14)8-12/h10,12-13H,4-9H2,1-3H3/t10-,12-,13-,14+/m0/s1. The minimum atomic E-state index is -0.148. The Hall–Kier alpha value is -0.530. The molecule has 0 saturated heterocycles. The summed E-state index contributed by atoms with van der Waals surface area (Å²) in [5, 5.41) is 0. The molecular formula is C14H24O2. The van der Waals surface area contributed by atoms with Crippen LogP contribution in [0.5, 0.6) is 0 Å². The molecule has 0 radical (unpaired) electrons. The molecule has 0 aliphatic heterocycles. The van der Waals surface area contributed by atoms with Crippen LogP contribution in [0.2, 0.25) is 0 Å². The molecule has 0 aromatic heterocycles. The minimum Gasteiger partial charge on any atom is -0.463 e. The Labute approximate surface area is 98.7 Å². The third-order valence-corrected chi connectivity index (χ3v) is 4.77. The first-order valence-electron chi connectivity index (χ1n) is 6.67. The van der Waals surface area contributed by atoms with Gasteiger partial charge in [0.2, 0.25) is 0 Å². The fraction of sp³-hybridized carbons (Fsp3) is 0.929. The Morgan fingerprint density at radius 2 is 2.25 bits per heavy atom. The first-order chi connectivity index (χ1) is 7.49. The second-order valence-corrected chi connectivity index (χ2v) is 6.19.